The van der Waals surface area contributed by atoms with Crippen molar-refractivity contribution in [3.63, 3.8) is 0 Å². The van der Waals surface area contributed by atoms with Crippen molar-refractivity contribution in [1.29, 1.82) is 0 Å². The van der Waals surface area contributed by atoms with Gasteiger partial charge < -0.3 is 15.0 Å². The van der Waals surface area contributed by atoms with Gasteiger partial charge in [-0.1, -0.05) is 0 Å². The Morgan fingerprint density at radius 1 is 1.00 bits per heavy atom. The van der Waals surface area contributed by atoms with Gasteiger partial charge in [-0.3, -0.25) is 4.63 Å². The van der Waals surface area contributed by atoms with Crippen LogP contribution in [0.2, 0.25) is 0 Å². The molecule has 3 heterocycles. The first-order valence-electron chi connectivity index (χ1n) is 4.53. The Morgan fingerprint density at radius 2 is 1.72 bits per heavy atom. The van der Waals surface area contributed by atoms with E-state index in [1.54, 1.807) is 0 Å². The summed E-state index contributed by atoms with van der Waals surface area (Å²) < 4.78 is 13.3. The standard InChI is InChI=1S/C6HN6O6/c13-10-4-1(7-16-10)5-3(8-17-11(5)14)6-2(4)9-18-12(6)15/h7H/q+1. The molecule has 4 rings (SSSR count). The summed E-state index contributed by atoms with van der Waals surface area (Å²) in [7, 11) is 0. The molecule has 12 heteroatoms. The van der Waals surface area contributed by atoms with Gasteiger partial charge in [0.25, 0.3) is 16.6 Å². The highest BCUT2D eigenvalue weighted by Gasteiger charge is 2.36. The fourth-order valence-corrected chi connectivity index (χ4v) is 1.85. The Bertz CT molecular complexity index is 940. The second-order valence-electron chi connectivity index (χ2n) is 3.43. The zero-order chi connectivity index (χ0) is 12.4. The minimum Gasteiger partial charge on any atom is -0.359 e. The molecule has 1 N–H and O–H groups in total. The van der Waals surface area contributed by atoms with Crippen molar-refractivity contribution in [1.82, 2.24) is 15.5 Å². The summed E-state index contributed by atoms with van der Waals surface area (Å²) in [6.45, 7) is 0. The zero-order valence-corrected chi connectivity index (χ0v) is 8.19. The summed E-state index contributed by atoms with van der Waals surface area (Å²) in [5.74, 6) is 0. The molecule has 0 aliphatic rings. The largest absolute Gasteiger partial charge is 0.359 e. The average molecular weight is 253 g/mol. The number of aromatic amines is 1. The number of aromatic nitrogens is 6. The van der Waals surface area contributed by atoms with Gasteiger partial charge in [0.05, 0.1) is 5.16 Å². The molecule has 0 radical (unpaired) electrons. The summed E-state index contributed by atoms with van der Waals surface area (Å²) in [5, 5.41) is 31.9. The molecule has 0 fully saturated rings. The number of nitrogens with one attached hydrogen (secondary N) is 1. The summed E-state index contributed by atoms with van der Waals surface area (Å²) in [4.78, 5) is 11.5. The third-order valence-corrected chi connectivity index (χ3v) is 2.56. The van der Waals surface area contributed by atoms with E-state index >= 15 is 0 Å². The molecule has 1 aromatic carbocycles. The van der Waals surface area contributed by atoms with Crippen LogP contribution >= 0.6 is 0 Å². The van der Waals surface area contributed by atoms with Crippen molar-refractivity contribution in [3.05, 3.63) is 15.3 Å². The Kier molecular flexibility index (Phi) is 1.26. The van der Waals surface area contributed by atoms with Crippen molar-refractivity contribution < 1.29 is 28.3 Å². The van der Waals surface area contributed by atoms with Gasteiger partial charge in [-0.2, -0.15) is 5.16 Å². The van der Waals surface area contributed by atoms with Crippen LogP contribution in [0.15, 0.2) is 13.9 Å². The number of nitrogens with zero attached hydrogens (tertiary/aromatic N) is 5. The molecule has 0 aliphatic heterocycles. The number of rotatable bonds is 0. The van der Waals surface area contributed by atoms with E-state index in [1.807, 2.05) is 0 Å². The molecule has 3 aromatic heterocycles. The minimum atomic E-state index is -0.199. The fourth-order valence-electron chi connectivity index (χ4n) is 1.85. The molecule has 12 nitrogen and oxygen atoms in total. The maximum Gasteiger partial charge on any atom is 0.338 e. The molecular formula is C6HN6O6+. The van der Waals surface area contributed by atoms with Crippen molar-refractivity contribution in [2.24, 2.45) is 0 Å². The van der Waals surface area contributed by atoms with E-state index in [2.05, 4.69) is 29.4 Å². The summed E-state index contributed by atoms with van der Waals surface area (Å²) >= 11 is 0. The number of benzene rings is 1. The fraction of sp³-hybridized carbons (Fsp3) is 0. The zero-order valence-electron chi connectivity index (χ0n) is 8.19. The summed E-state index contributed by atoms with van der Waals surface area (Å²) in [6.07, 6.45) is 0. The van der Waals surface area contributed by atoms with Crippen LogP contribution in [0.1, 0.15) is 0 Å². The molecule has 0 bridgehead atoms. The molecule has 4 aromatic rings. The first kappa shape index (κ1) is 8.91. The monoisotopic (exact) mass is 253 g/mol. The van der Waals surface area contributed by atoms with Gasteiger partial charge in [0.2, 0.25) is 0 Å². The summed E-state index contributed by atoms with van der Waals surface area (Å²) in [5.41, 5.74) is -0.719. The highest BCUT2D eigenvalue weighted by molar-refractivity contribution is 6.14. The van der Waals surface area contributed by atoms with Crippen molar-refractivity contribution in [2.75, 3.05) is 0 Å². The Balaban J connectivity index is 2.56. The number of hydrogen-bond acceptors (Lipinski definition) is 8. The molecule has 18 heavy (non-hydrogen) atoms. The van der Waals surface area contributed by atoms with Crippen LogP contribution in [0.5, 0.6) is 0 Å². The molecule has 0 unspecified atom stereocenters. The van der Waals surface area contributed by atoms with Gasteiger partial charge in [-0.15, -0.1) is 0 Å². The quantitative estimate of drug-likeness (QED) is 0.360. The van der Waals surface area contributed by atoms with Crippen LogP contribution < -0.4 is 14.4 Å². The predicted octanol–water partition coefficient (Wildman–Crippen LogP) is -1.78. The predicted molar refractivity (Wildman–Crippen MR) is 47.0 cm³/mol. The Morgan fingerprint density at radius 3 is 2.56 bits per heavy atom. The lowest BCUT2D eigenvalue weighted by molar-refractivity contribution is -0.782. The Hall–Kier alpha value is -3.18. The van der Waals surface area contributed by atoms with E-state index in [9.17, 15) is 15.3 Å². The molecule has 0 spiro atoms. The van der Waals surface area contributed by atoms with E-state index in [4.69, 9.17) is 0 Å². The van der Waals surface area contributed by atoms with Crippen LogP contribution in [0, 0.1) is 15.3 Å². The van der Waals surface area contributed by atoms with Crippen LogP contribution in [0.25, 0.3) is 33.1 Å². The van der Waals surface area contributed by atoms with E-state index in [1.165, 1.54) is 0 Å². The molecular weight excluding hydrogens is 252 g/mol. The smallest absolute Gasteiger partial charge is 0.338 e. The lowest BCUT2D eigenvalue weighted by atomic mass is 10.2. The molecule has 90 valence electrons. The van der Waals surface area contributed by atoms with Gasteiger partial charge in [0.1, 0.15) is 0 Å². The summed E-state index contributed by atoms with van der Waals surface area (Å²) in [6, 6.07) is 0. The van der Waals surface area contributed by atoms with Gasteiger partial charge >= 0.3 is 16.6 Å². The van der Waals surface area contributed by atoms with Crippen LogP contribution in [0.3, 0.4) is 0 Å². The van der Waals surface area contributed by atoms with E-state index in [0.717, 1.165) is 0 Å². The molecule has 0 saturated carbocycles. The second kappa shape index (κ2) is 2.55. The molecule has 0 saturated heterocycles. The number of fused-ring (bicyclic) bond motifs is 6. The van der Waals surface area contributed by atoms with Gasteiger partial charge in [-0.05, 0) is 19.3 Å². The van der Waals surface area contributed by atoms with Crippen molar-refractivity contribution >= 4 is 33.1 Å². The molecule has 0 amide bonds. The Labute approximate surface area is 93.2 Å². The van der Waals surface area contributed by atoms with Crippen molar-refractivity contribution in [2.45, 2.75) is 0 Å². The van der Waals surface area contributed by atoms with E-state index in [-0.39, 0.29) is 47.5 Å². The van der Waals surface area contributed by atoms with Gasteiger partial charge in [0.15, 0.2) is 9.76 Å². The van der Waals surface area contributed by atoms with Crippen LogP contribution in [-0.4, -0.2) is 15.5 Å². The van der Waals surface area contributed by atoms with Gasteiger partial charge in [0, 0.05) is 0 Å². The molecule has 0 atom stereocenters. The van der Waals surface area contributed by atoms with Gasteiger partial charge in [-0.25, -0.2) is 0 Å². The first-order chi connectivity index (χ1) is 8.68. The third-order valence-electron chi connectivity index (χ3n) is 2.56. The highest BCUT2D eigenvalue weighted by atomic mass is 16.8. The lowest BCUT2D eigenvalue weighted by Crippen LogP contribution is -2.25. The first-order valence-corrected chi connectivity index (χ1v) is 4.53. The molecule has 0 aliphatic carbocycles. The lowest BCUT2D eigenvalue weighted by Gasteiger charge is -1.84. The van der Waals surface area contributed by atoms with Crippen LogP contribution in [-0.2, 0) is 0 Å². The normalized spacial score (nSPS) is 12.0. The maximum absolute atomic E-state index is 11.4. The average Bonchev–Trinajstić information content (AvgIpc) is 2.99. The maximum atomic E-state index is 11.4. The van der Waals surface area contributed by atoms with E-state index in [0.29, 0.717) is 0 Å². The third kappa shape index (κ3) is 0.783. The minimum absolute atomic E-state index is 0.00218. The highest BCUT2D eigenvalue weighted by Crippen LogP contribution is 2.25. The second-order valence-corrected chi connectivity index (χ2v) is 3.43. The topological polar surface area (TPSA) is 158 Å². The van der Waals surface area contributed by atoms with Crippen molar-refractivity contribution in [3.8, 4) is 0 Å². The SMILES string of the molecule is O=[n+]1onc2c3c(no[n+]3[O-])c3c([nH]o[n+]3[O-])c21. The van der Waals surface area contributed by atoms with Crippen LogP contribution in [0.4, 0.5) is 0 Å². The number of H-pyrrole nitrogens is 1. The van der Waals surface area contributed by atoms with E-state index < -0.39 is 0 Å². The number of hydrogen-bond donors (Lipinski definition) is 1.